The van der Waals surface area contributed by atoms with Crippen LogP contribution in [0.25, 0.3) is 22.3 Å². The third-order valence-electron chi connectivity index (χ3n) is 4.75. The number of H-pyrrole nitrogens is 1. The van der Waals surface area contributed by atoms with Gasteiger partial charge in [0.25, 0.3) is 11.8 Å². The fourth-order valence-electron chi connectivity index (χ4n) is 3.30. The Bertz CT molecular complexity index is 1270. The fraction of sp³-hybridized carbons (Fsp3) is 0.143. The van der Waals surface area contributed by atoms with Gasteiger partial charge in [-0.25, -0.2) is 4.79 Å². The van der Waals surface area contributed by atoms with Crippen molar-refractivity contribution in [2.75, 3.05) is 0 Å². The van der Waals surface area contributed by atoms with Gasteiger partial charge in [0.2, 0.25) is 0 Å². The SMILES string of the molecule is CCn1c(=O)n(CC(=O)NNC(=O)c2cc(-c3ccccc3)n[nH]2)c2ccccc21. The molecule has 0 aliphatic rings. The van der Waals surface area contributed by atoms with Gasteiger partial charge in [-0.15, -0.1) is 0 Å². The van der Waals surface area contributed by atoms with Crippen LogP contribution in [0.4, 0.5) is 0 Å². The molecular formula is C21H20N6O3. The van der Waals surface area contributed by atoms with Crippen molar-refractivity contribution in [1.82, 2.24) is 30.2 Å². The summed E-state index contributed by atoms with van der Waals surface area (Å²) in [4.78, 5) is 37.3. The van der Waals surface area contributed by atoms with Gasteiger partial charge in [-0.2, -0.15) is 5.10 Å². The summed E-state index contributed by atoms with van der Waals surface area (Å²) in [5.74, 6) is -1.06. The van der Waals surface area contributed by atoms with Gasteiger partial charge in [0.15, 0.2) is 0 Å². The van der Waals surface area contributed by atoms with Crippen molar-refractivity contribution >= 4 is 22.8 Å². The van der Waals surface area contributed by atoms with Crippen molar-refractivity contribution in [3.05, 3.63) is 76.8 Å². The van der Waals surface area contributed by atoms with Crippen molar-refractivity contribution < 1.29 is 9.59 Å². The molecule has 0 aliphatic heterocycles. The molecule has 0 radical (unpaired) electrons. The molecule has 0 unspecified atom stereocenters. The van der Waals surface area contributed by atoms with Gasteiger partial charge >= 0.3 is 5.69 Å². The molecule has 0 fully saturated rings. The van der Waals surface area contributed by atoms with Crippen LogP contribution in [-0.2, 0) is 17.9 Å². The van der Waals surface area contributed by atoms with Crippen LogP contribution in [0.1, 0.15) is 17.4 Å². The first kappa shape index (κ1) is 19.2. The Morgan fingerprint density at radius 2 is 1.63 bits per heavy atom. The molecule has 30 heavy (non-hydrogen) atoms. The van der Waals surface area contributed by atoms with Gasteiger partial charge in [0, 0.05) is 12.1 Å². The summed E-state index contributed by atoms with van der Waals surface area (Å²) < 4.78 is 2.97. The van der Waals surface area contributed by atoms with E-state index in [4.69, 9.17) is 0 Å². The molecule has 4 rings (SSSR count). The topological polar surface area (TPSA) is 114 Å². The van der Waals surface area contributed by atoms with E-state index in [1.165, 1.54) is 4.57 Å². The number of carbonyl (C=O) groups excluding carboxylic acids is 2. The fourth-order valence-corrected chi connectivity index (χ4v) is 3.30. The average Bonchev–Trinajstić information content (AvgIpc) is 3.37. The van der Waals surface area contributed by atoms with Crippen molar-refractivity contribution in [3.63, 3.8) is 0 Å². The number of hydrogen-bond acceptors (Lipinski definition) is 4. The normalized spacial score (nSPS) is 10.8. The molecule has 2 aromatic carbocycles. The Balaban J connectivity index is 1.43. The van der Waals surface area contributed by atoms with Gasteiger partial charge in [-0.05, 0) is 25.1 Å². The van der Waals surface area contributed by atoms with E-state index >= 15 is 0 Å². The van der Waals surface area contributed by atoms with Crippen molar-refractivity contribution in [3.8, 4) is 11.3 Å². The standard InChI is InChI=1S/C21H20N6O3/c1-2-26-17-10-6-7-11-18(17)27(21(26)30)13-19(28)24-25-20(29)16-12-15(22-23-16)14-8-4-3-5-9-14/h3-12H,2,13H2,1H3,(H,22,23)(H,24,28)(H,25,29). The number of carbonyl (C=O) groups is 2. The minimum Gasteiger partial charge on any atom is -0.292 e. The van der Waals surface area contributed by atoms with E-state index in [-0.39, 0.29) is 17.9 Å². The van der Waals surface area contributed by atoms with Crippen LogP contribution < -0.4 is 16.5 Å². The Labute approximate surface area is 171 Å². The quantitative estimate of drug-likeness (QED) is 0.439. The molecule has 152 valence electrons. The highest BCUT2D eigenvalue weighted by Crippen LogP contribution is 2.16. The predicted octanol–water partition coefficient (Wildman–Crippen LogP) is 1.67. The third-order valence-corrected chi connectivity index (χ3v) is 4.75. The average molecular weight is 404 g/mol. The highest BCUT2D eigenvalue weighted by molar-refractivity contribution is 5.94. The summed E-state index contributed by atoms with van der Waals surface area (Å²) in [7, 11) is 0. The Morgan fingerprint density at radius 3 is 2.33 bits per heavy atom. The van der Waals surface area contributed by atoms with E-state index < -0.39 is 11.8 Å². The lowest BCUT2D eigenvalue weighted by Gasteiger charge is -2.07. The number of aromatic amines is 1. The van der Waals surface area contributed by atoms with E-state index in [1.54, 1.807) is 22.8 Å². The molecule has 4 aromatic rings. The molecule has 2 aromatic heterocycles. The maximum Gasteiger partial charge on any atom is 0.329 e. The van der Waals surface area contributed by atoms with Crippen LogP contribution in [0.2, 0.25) is 0 Å². The number of para-hydroxylation sites is 2. The number of nitrogens with one attached hydrogen (secondary N) is 3. The summed E-state index contributed by atoms with van der Waals surface area (Å²) in [5.41, 5.74) is 7.51. The lowest BCUT2D eigenvalue weighted by atomic mass is 10.1. The molecule has 0 bridgehead atoms. The number of aromatic nitrogens is 4. The smallest absolute Gasteiger partial charge is 0.292 e. The zero-order valence-corrected chi connectivity index (χ0v) is 16.3. The Hall–Kier alpha value is -4.14. The van der Waals surface area contributed by atoms with E-state index in [0.717, 1.165) is 11.1 Å². The largest absolute Gasteiger partial charge is 0.329 e. The first-order chi connectivity index (χ1) is 14.6. The van der Waals surface area contributed by atoms with Crippen molar-refractivity contribution in [1.29, 1.82) is 0 Å². The van der Waals surface area contributed by atoms with Gasteiger partial charge in [0.1, 0.15) is 12.2 Å². The Kier molecular flexibility index (Phi) is 5.17. The molecule has 2 heterocycles. The molecule has 0 aliphatic carbocycles. The molecule has 9 nitrogen and oxygen atoms in total. The number of nitrogens with zero attached hydrogens (tertiary/aromatic N) is 3. The van der Waals surface area contributed by atoms with Gasteiger partial charge < -0.3 is 0 Å². The van der Waals surface area contributed by atoms with Crippen LogP contribution in [-0.4, -0.2) is 31.1 Å². The highest BCUT2D eigenvalue weighted by Gasteiger charge is 2.16. The van der Waals surface area contributed by atoms with Gasteiger partial charge in [-0.1, -0.05) is 42.5 Å². The summed E-state index contributed by atoms with van der Waals surface area (Å²) >= 11 is 0. The third kappa shape index (κ3) is 3.60. The summed E-state index contributed by atoms with van der Waals surface area (Å²) in [6.07, 6.45) is 0. The minimum absolute atomic E-state index is 0.203. The van der Waals surface area contributed by atoms with Crippen LogP contribution in [0.5, 0.6) is 0 Å². The van der Waals surface area contributed by atoms with Gasteiger partial charge in [-0.3, -0.25) is 34.7 Å². The molecular weight excluding hydrogens is 384 g/mol. The van der Waals surface area contributed by atoms with Crippen LogP contribution in [0, 0.1) is 0 Å². The van der Waals surface area contributed by atoms with Crippen LogP contribution in [0.15, 0.2) is 65.5 Å². The first-order valence-corrected chi connectivity index (χ1v) is 9.46. The van der Waals surface area contributed by atoms with Gasteiger partial charge in [0.05, 0.1) is 16.7 Å². The zero-order valence-electron chi connectivity index (χ0n) is 16.3. The molecule has 0 saturated carbocycles. The number of hydrogen-bond donors (Lipinski definition) is 3. The second kappa shape index (κ2) is 8.08. The molecule has 0 atom stereocenters. The number of fused-ring (bicyclic) bond motifs is 1. The van der Waals surface area contributed by atoms with Crippen molar-refractivity contribution in [2.45, 2.75) is 20.0 Å². The van der Waals surface area contributed by atoms with Crippen molar-refractivity contribution in [2.24, 2.45) is 0 Å². The molecule has 0 saturated heterocycles. The number of amides is 2. The number of benzene rings is 2. The second-order valence-electron chi connectivity index (χ2n) is 6.64. The lowest BCUT2D eigenvalue weighted by molar-refractivity contribution is -0.122. The second-order valence-corrected chi connectivity index (χ2v) is 6.64. The maximum atomic E-state index is 12.6. The Morgan fingerprint density at radius 1 is 0.967 bits per heavy atom. The number of rotatable bonds is 5. The van der Waals surface area contributed by atoms with E-state index in [2.05, 4.69) is 21.0 Å². The number of aryl methyl sites for hydroxylation is 1. The first-order valence-electron chi connectivity index (χ1n) is 9.46. The predicted molar refractivity (Wildman–Crippen MR) is 112 cm³/mol. The zero-order chi connectivity index (χ0) is 21.1. The highest BCUT2D eigenvalue weighted by atomic mass is 16.2. The van der Waals surface area contributed by atoms with Crippen LogP contribution in [0.3, 0.4) is 0 Å². The number of hydrazine groups is 1. The monoisotopic (exact) mass is 404 g/mol. The van der Waals surface area contributed by atoms with E-state index in [9.17, 15) is 14.4 Å². The summed E-state index contributed by atoms with van der Waals surface area (Å²) in [5, 5.41) is 6.76. The number of imidazole rings is 1. The maximum absolute atomic E-state index is 12.6. The molecule has 3 N–H and O–H groups in total. The molecule has 0 spiro atoms. The van der Waals surface area contributed by atoms with Crippen LogP contribution >= 0.6 is 0 Å². The van der Waals surface area contributed by atoms with E-state index in [0.29, 0.717) is 17.8 Å². The lowest BCUT2D eigenvalue weighted by Crippen LogP contribution is -2.44. The van der Waals surface area contributed by atoms with E-state index in [1.807, 2.05) is 49.4 Å². The summed E-state index contributed by atoms with van der Waals surface area (Å²) in [6, 6.07) is 18.3. The molecule has 2 amide bonds. The summed E-state index contributed by atoms with van der Waals surface area (Å²) in [6.45, 7) is 2.14. The molecule has 9 heteroatoms. The minimum atomic E-state index is -0.540.